The first-order valence-corrected chi connectivity index (χ1v) is 7.84. The van der Waals surface area contributed by atoms with Crippen LogP contribution in [0.5, 0.6) is 0 Å². The molecular formula is C18H18F3N3O3. The first-order valence-electron chi connectivity index (χ1n) is 7.84. The van der Waals surface area contributed by atoms with Crippen molar-refractivity contribution in [2.45, 2.75) is 25.7 Å². The van der Waals surface area contributed by atoms with Crippen molar-refractivity contribution in [2.24, 2.45) is 0 Å². The van der Waals surface area contributed by atoms with Gasteiger partial charge in [-0.2, -0.15) is 13.2 Å². The van der Waals surface area contributed by atoms with Gasteiger partial charge in [0, 0.05) is 11.8 Å². The Labute approximate surface area is 153 Å². The number of nitrogens with one attached hydrogen (secondary N) is 2. The van der Waals surface area contributed by atoms with Crippen LogP contribution in [-0.4, -0.2) is 35.8 Å². The Morgan fingerprint density at radius 2 is 1.67 bits per heavy atom. The number of alkyl halides is 3. The molecule has 144 valence electrons. The minimum Gasteiger partial charge on any atom is -0.466 e. The lowest BCUT2D eigenvalue weighted by atomic mass is 10.1. The van der Waals surface area contributed by atoms with E-state index in [-0.39, 0.29) is 11.4 Å². The van der Waals surface area contributed by atoms with Crippen molar-refractivity contribution in [3.05, 3.63) is 59.3 Å². The molecular weight excluding hydrogens is 363 g/mol. The van der Waals surface area contributed by atoms with Gasteiger partial charge in [0.25, 0.3) is 5.91 Å². The number of carbonyl (C=O) groups excluding carboxylic acids is 2. The van der Waals surface area contributed by atoms with Crippen LogP contribution in [0.25, 0.3) is 0 Å². The Kier molecular flexibility index (Phi) is 5.72. The molecule has 0 saturated heterocycles. The Morgan fingerprint density at radius 3 is 2.19 bits per heavy atom. The summed E-state index contributed by atoms with van der Waals surface area (Å²) in [7, 11) is 0.798. The Bertz CT molecular complexity index is 838. The fraction of sp³-hybridized carbons (Fsp3) is 0.278. The summed E-state index contributed by atoms with van der Waals surface area (Å²) in [6, 6.07) is 8.72. The molecule has 1 heterocycles. The van der Waals surface area contributed by atoms with Gasteiger partial charge < -0.3 is 15.4 Å². The molecule has 2 aromatic rings. The third-order valence-corrected chi connectivity index (χ3v) is 3.76. The van der Waals surface area contributed by atoms with E-state index in [9.17, 15) is 22.8 Å². The van der Waals surface area contributed by atoms with E-state index < -0.39 is 23.7 Å². The predicted octanol–water partition coefficient (Wildman–Crippen LogP) is 2.97. The molecule has 0 aliphatic heterocycles. The largest absolute Gasteiger partial charge is 0.466 e. The van der Waals surface area contributed by atoms with Crippen LogP contribution in [0.2, 0.25) is 0 Å². The summed E-state index contributed by atoms with van der Waals surface area (Å²) in [4.78, 5) is 28.3. The summed E-state index contributed by atoms with van der Waals surface area (Å²) in [5.74, 6) is -3.07. The van der Waals surface area contributed by atoms with Crippen molar-refractivity contribution in [3.8, 4) is 0 Å². The average molecular weight is 381 g/mol. The molecule has 1 amide bonds. The molecule has 0 fully saturated rings. The molecule has 0 bridgehead atoms. The van der Waals surface area contributed by atoms with Gasteiger partial charge in [-0.05, 0) is 43.7 Å². The molecule has 1 aromatic carbocycles. The van der Waals surface area contributed by atoms with E-state index in [1.807, 2.05) is 5.32 Å². The van der Waals surface area contributed by atoms with Crippen LogP contribution in [-0.2, 0) is 9.53 Å². The minimum atomic E-state index is -5.22. The number of aryl methyl sites for hydroxylation is 2. The summed E-state index contributed by atoms with van der Waals surface area (Å²) in [5.41, 5.74) is -2.12. The van der Waals surface area contributed by atoms with Crippen molar-refractivity contribution >= 4 is 17.7 Å². The molecule has 0 radical (unpaired) electrons. The number of nitrogens with zero attached hydrogens (tertiary/aromatic N) is 1. The number of halogens is 3. The van der Waals surface area contributed by atoms with Gasteiger partial charge in [-0.1, -0.05) is 17.7 Å². The maximum atomic E-state index is 13.9. The number of carbonyl (C=O) groups is 2. The highest BCUT2D eigenvalue weighted by Gasteiger charge is 2.63. The maximum absolute atomic E-state index is 13.9. The SMILES string of the molecule is COC(=O)[C@@](NC(=O)c1ccc(C)cc1)(Nc1cc(C)ccn1)C(F)(F)F. The van der Waals surface area contributed by atoms with Gasteiger partial charge in [-0.25, -0.2) is 9.78 Å². The third-order valence-electron chi connectivity index (χ3n) is 3.76. The molecule has 0 saturated carbocycles. The number of anilines is 1. The van der Waals surface area contributed by atoms with E-state index in [1.165, 1.54) is 24.4 Å². The highest BCUT2D eigenvalue weighted by Crippen LogP contribution is 2.33. The zero-order valence-corrected chi connectivity index (χ0v) is 14.8. The molecule has 1 aromatic heterocycles. The topological polar surface area (TPSA) is 80.3 Å². The van der Waals surface area contributed by atoms with E-state index in [2.05, 4.69) is 9.72 Å². The molecule has 1 atom stereocenters. The summed E-state index contributed by atoms with van der Waals surface area (Å²) >= 11 is 0. The normalized spacial score (nSPS) is 13.4. The van der Waals surface area contributed by atoms with Crippen molar-refractivity contribution in [1.29, 1.82) is 0 Å². The lowest BCUT2D eigenvalue weighted by Gasteiger charge is -2.34. The molecule has 2 N–H and O–H groups in total. The third kappa shape index (κ3) is 4.36. The fourth-order valence-corrected chi connectivity index (χ4v) is 2.29. The molecule has 9 heteroatoms. The first-order chi connectivity index (χ1) is 12.6. The smallest absolute Gasteiger partial charge is 0.441 e. The average Bonchev–Trinajstić information content (AvgIpc) is 2.60. The Morgan fingerprint density at radius 1 is 1.04 bits per heavy atom. The van der Waals surface area contributed by atoms with E-state index >= 15 is 0 Å². The van der Waals surface area contributed by atoms with Gasteiger partial charge in [0.2, 0.25) is 0 Å². The lowest BCUT2D eigenvalue weighted by Crippen LogP contribution is -2.69. The number of pyridine rings is 1. The monoisotopic (exact) mass is 381 g/mol. The number of ether oxygens (including phenoxy) is 1. The van der Waals surface area contributed by atoms with Crippen LogP contribution in [0.4, 0.5) is 19.0 Å². The van der Waals surface area contributed by atoms with Crippen molar-refractivity contribution in [1.82, 2.24) is 10.3 Å². The zero-order valence-electron chi connectivity index (χ0n) is 14.8. The van der Waals surface area contributed by atoms with E-state index in [4.69, 9.17) is 0 Å². The second-order valence-corrected chi connectivity index (χ2v) is 5.90. The number of rotatable bonds is 5. The van der Waals surface area contributed by atoms with Gasteiger partial charge in [-0.3, -0.25) is 4.79 Å². The second kappa shape index (κ2) is 7.65. The predicted molar refractivity (Wildman–Crippen MR) is 92.0 cm³/mol. The summed E-state index contributed by atoms with van der Waals surface area (Å²) in [5, 5.41) is 3.73. The van der Waals surface area contributed by atoms with Crippen LogP contribution in [0.3, 0.4) is 0 Å². The van der Waals surface area contributed by atoms with Gasteiger partial charge >= 0.3 is 17.8 Å². The fourth-order valence-electron chi connectivity index (χ4n) is 2.29. The van der Waals surface area contributed by atoms with Crippen LogP contribution in [0, 0.1) is 13.8 Å². The second-order valence-electron chi connectivity index (χ2n) is 5.90. The maximum Gasteiger partial charge on any atom is 0.441 e. The quantitative estimate of drug-likeness (QED) is 0.615. The van der Waals surface area contributed by atoms with Gasteiger partial charge in [0.05, 0.1) is 7.11 Å². The van der Waals surface area contributed by atoms with E-state index in [0.29, 0.717) is 5.56 Å². The number of esters is 1. The van der Waals surface area contributed by atoms with Crippen molar-refractivity contribution in [2.75, 3.05) is 12.4 Å². The molecule has 27 heavy (non-hydrogen) atoms. The van der Waals surface area contributed by atoms with Gasteiger partial charge in [-0.15, -0.1) is 0 Å². The molecule has 6 nitrogen and oxygen atoms in total. The highest BCUT2D eigenvalue weighted by atomic mass is 19.4. The number of methoxy groups -OCH3 is 1. The Balaban J connectivity index is 2.48. The highest BCUT2D eigenvalue weighted by molar-refractivity contribution is 5.99. The summed E-state index contributed by atoms with van der Waals surface area (Å²) in [6.45, 7) is 3.41. The first kappa shape index (κ1) is 20.2. The molecule has 0 unspecified atom stereocenters. The minimum absolute atomic E-state index is 0.0443. The molecule has 0 aliphatic carbocycles. The standard InChI is InChI=1S/C18H18F3N3O3/c1-11-4-6-13(7-5-11)15(25)24-17(16(26)27-3,18(19,20)21)23-14-10-12(2)8-9-22-14/h4-10H,1-3H3,(H,22,23)(H,24,25)/t17-/m0/s1. The number of benzene rings is 1. The zero-order chi connectivity index (χ0) is 20.2. The van der Waals surface area contributed by atoms with Crippen LogP contribution in [0.1, 0.15) is 21.5 Å². The number of aromatic nitrogens is 1. The number of hydrogen-bond acceptors (Lipinski definition) is 5. The lowest BCUT2D eigenvalue weighted by molar-refractivity contribution is -0.203. The van der Waals surface area contributed by atoms with E-state index in [1.54, 1.807) is 37.4 Å². The molecule has 2 rings (SSSR count). The van der Waals surface area contributed by atoms with Crippen LogP contribution < -0.4 is 10.6 Å². The molecule has 0 spiro atoms. The van der Waals surface area contributed by atoms with E-state index in [0.717, 1.165) is 12.7 Å². The van der Waals surface area contributed by atoms with Crippen molar-refractivity contribution < 1.29 is 27.5 Å². The van der Waals surface area contributed by atoms with Gasteiger partial charge in [0.1, 0.15) is 5.82 Å². The number of hydrogen-bond donors (Lipinski definition) is 2. The Hall–Kier alpha value is -3.10. The number of amides is 1. The van der Waals surface area contributed by atoms with Gasteiger partial charge in [0.15, 0.2) is 0 Å². The van der Waals surface area contributed by atoms with Crippen LogP contribution in [0.15, 0.2) is 42.6 Å². The summed E-state index contributed by atoms with van der Waals surface area (Å²) in [6.07, 6.45) is -3.94. The van der Waals surface area contributed by atoms with Crippen LogP contribution >= 0.6 is 0 Å². The summed E-state index contributed by atoms with van der Waals surface area (Å²) < 4.78 is 46.1. The molecule has 0 aliphatic rings. The van der Waals surface area contributed by atoms with Crippen molar-refractivity contribution in [3.63, 3.8) is 0 Å².